The molecule has 32 heavy (non-hydrogen) atoms. The number of hydrogen-bond acceptors (Lipinski definition) is 6. The Kier molecular flexibility index (Phi) is 6.71. The highest BCUT2D eigenvalue weighted by Gasteiger charge is 2.42. The van der Waals surface area contributed by atoms with E-state index in [1.165, 1.54) is 24.3 Å². The lowest BCUT2D eigenvalue weighted by Crippen LogP contribution is -2.37. The van der Waals surface area contributed by atoms with E-state index in [2.05, 4.69) is 4.98 Å². The Balaban J connectivity index is 1.42. The molecule has 1 saturated heterocycles. The van der Waals surface area contributed by atoms with Gasteiger partial charge in [0.25, 0.3) is 10.1 Å². The average Bonchev–Trinajstić information content (AvgIpc) is 3.43. The number of ether oxygens (including phenoxy) is 2. The molecule has 1 aliphatic heterocycles. The van der Waals surface area contributed by atoms with Crippen LogP contribution >= 0.6 is 0 Å². The van der Waals surface area contributed by atoms with Crippen molar-refractivity contribution in [3.05, 3.63) is 84.2 Å². The first-order valence-electron chi connectivity index (χ1n) is 10.3. The van der Waals surface area contributed by atoms with Crippen molar-refractivity contribution in [3.8, 4) is 0 Å². The van der Waals surface area contributed by atoms with Gasteiger partial charge in [-0.1, -0.05) is 29.8 Å². The molecule has 0 spiro atoms. The predicted molar refractivity (Wildman–Crippen MR) is 115 cm³/mol. The molecule has 0 unspecified atom stereocenters. The summed E-state index contributed by atoms with van der Waals surface area (Å²) in [4.78, 5) is 4.16. The number of halogens is 1. The molecule has 2 heterocycles. The fourth-order valence-electron chi connectivity index (χ4n) is 3.57. The minimum absolute atomic E-state index is 0.100. The topological polar surface area (TPSA) is 79.7 Å². The van der Waals surface area contributed by atoms with E-state index in [0.29, 0.717) is 19.4 Å². The highest BCUT2D eigenvalue weighted by molar-refractivity contribution is 7.86. The van der Waals surface area contributed by atoms with E-state index in [-0.39, 0.29) is 23.9 Å². The second-order valence-electron chi connectivity index (χ2n) is 7.87. The van der Waals surface area contributed by atoms with Crippen LogP contribution in [-0.4, -0.2) is 43.1 Å². The van der Waals surface area contributed by atoms with Crippen molar-refractivity contribution in [2.75, 3.05) is 13.2 Å². The zero-order chi connectivity index (χ0) is 22.6. The quantitative estimate of drug-likeness (QED) is 0.455. The minimum Gasteiger partial charge on any atom is -0.345 e. The van der Waals surface area contributed by atoms with Gasteiger partial charge < -0.3 is 14.0 Å². The van der Waals surface area contributed by atoms with Crippen molar-refractivity contribution >= 4 is 10.1 Å². The second-order valence-corrected chi connectivity index (χ2v) is 9.49. The number of hydrogen-bond donors (Lipinski definition) is 0. The molecule has 3 aromatic rings. The normalized spacial score (nSPS) is 21.1. The minimum atomic E-state index is -3.90. The van der Waals surface area contributed by atoms with Crippen molar-refractivity contribution in [1.29, 1.82) is 0 Å². The predicted octanol–water partition coefficient (Wildman–Crippen LogP) is 3.48. The van der Waals surface area contributed by atoms with E-state index < -0.39 is 22.0 Å². The number of aromatic nitrogens is 2. The standard InChI is InChI=1S/C23H25FN2O5S/c1-18-2-8-22(9-3-18)32(27,28)30-15-21-14-29-23(31-21,16-26-13-12-25-17-26)11-10-19-4-6-20(24)7-5-19/h2-9,12-13,17,21H,10-11,14-16H2,1H3/t21-,23-/m0/s1. The van der Waals surface area contributed by atoms with Crippen LogP contribution in [0.5, 0.6) is 0 Å². The molecule has 2 atom stereocenters. The number of rotatable bonds is 9. The van der Waals surface area contributed by atoms with E-state index in [9.17, 15) is 12.8 Å². The molecule has 0 N–H and O–H groups in total. The van der Waals surface area contributed by atoms with Crippen LogP contribution in [0.1, 0.15) is 17.5 Å². The van der Waals surface area contributed by atoms with Gasteiger partial charge in [0.1, 0.15) is 11.9 Å². The summed E-state index contributed by atoms with van der Waals surface area (Å²) in [6.07, 6.45) is 5.68. The Hall–Kier alpha value is -2.59. The monoisotopic (exact) mass is 460 g/mol. The van der Waals surface area contributed by atoms with Crippen molar-refractivity contribution in [2.45, 2.75) is 43.1 Å². The lowest BCUT2D eigenvalue weighted by atomic mass is 10.0. The van der Waals surface area contributed by atoms with Crippen LogP contribution in [0.2, 0.25) is 0 Å². The molecule has 0 amide bonds. The molecule has 4 rings (SSSR count). The molecule has 7 nitrogen and oxygen atoms in total. The maximum atomic E-state index is 13.2. The number of aryl methyl sites for hydroxylation is 2. The van der Waals surface area contributed by atoms with Gasteiger partial charge in [0.05, 0.1) is 31.0 Å². The Morgan fingerprint density at radius 3 is 2.62 bits per heavy atom. The maximum Gasteiger partial charge on any atom is 0.297 e. The van der Waals surface area contributed by atoms with Crippen LogP contribution in [0, 0.1) is 12.7 Å². The molecular formula is C23H25FN2O5S. The number of benzene rings is 2. The van der Waals surface area contributed by atoms with E-state index in [4.69, 9.17) is 13.7 Å². The van der Waals surface area contributed by atoms with E-state index >= 15 is 0 Å². The fraction of sp³-hybridized carbons (Fsp3) is 0.348. The van der Waals surface area contributed by atoms with Crippen molar-refractivity contribution in [2.24, 2.45) is 0 Å². The first-order chi connectivity index (χ1) is 15.3. The number of nitrogens with zero attached hydrogens (tertiary/aromatic N) is 2. The van der Waals surface area contributed by atoms with Crippen LogP contribution in [0.3, 0.4) is 0 Å². The highest BCUT2D eigenvalue weighted by atomic mass is 32.2. The first kappa shape index (κ1) is 22.6. The summed E-state index contributed by atoms with van der Waals surface area (Å²) in [7, 11) is -3.90. The van der Waals surface area contributed by atoms with Gasteiger partial charge in [0.2, 0.25) is 0 Å². The third kappa shape index (κ3) is 5.60. The summed E-state index contributed by atoms with van der Waals surface area (Å²) >= 11 is 0. The fourth-order valence-corrected chi connectivity index (χ4v) is 4.51. The molecule has 1 fully saturated rings. The molecule has 2 aromatic carbocycles. The molecule has 1 aliphatic rings. The van der Waals surface area contributed by atoms with Crippen LogP contribution < -0.4 is 0 Å². The Morgan fingerprint density at radius 2 is 1.94 bits per heavy atom. The highest BCUT2D eigenvalue weighted by Crippen LogP contribution is 2.31. The zero-order valence-electron chi connectivity index (χ0n) is 17.7. The lowest BCUT2D eigenvalue weighted by Gasteiger charge is -2.28. The third-order valence-electron chi connectivity index (χ3n) is 5.32. The molecule has 0 aliphatic carbocycles. The Bertz CT molecular complexity index is 1120. The lowest BCUT2D eigenvalue weighted by molar-refractivity contribution is -0.184. The second kappa shape index (κ2) is 9.50. The molecular weight excluding hydrogens is 435 g/mol. The summed E-state index contributed by atoms with van der Waals surface area (Å²) in [6.45, 7) is 2.31. The van der Waals surface area contributed by atoms with Crippen molar-refractivity contribution < 1.29 is 26.5 Å². The van der Waals surface area contributed by atoms with Crippen LogP contribution in [0.4, 0.5) is 4.39 Å². The van der Waals surface area contributed by atoms with Crippen molar-refractivity contribution in [3.63, 3.8) is 0 Å². The van der Waals surface area contributed by atoms with Gasteiger partial charge in [-0.2, -0.15) is 8.42 Å². The van der Waals surface area contributed by atoms with Gasteiger partial charge >= 0.3 is 0 Å². The molecule has 1 aromatic heterocycles. The third-order valence-corrected chi connectivity index (χ3v) is 6.62. The van der Waals surface area contributed by atoms with Gasteiger partial charge in [-0.15, -0.1) is 0 Å². The first-order valence-corrected chi connectivity index (χ1v) is 11.7. The SMILES string of the molecule is Cc1ccc(S(=O)(=O)OC[C@@H]2CO[C@](CCc3ccc(F)cc3)(Cn3ccnc3)O2)cc1. The molecule has 0 bridgehead atoms. The number of imidazole rings is 1. The largest absolute Gasteiger partial charge is 0.345 e. The van der Waals surface area contributed by atoms with Gasteiger partial charge in [-0.25, -0.2) is 9.37 Å². The summed E-state index contributed by atoms with van der Waals surface area (Å²) in [5, 5.41) is 0. The van der Waals surface area contributed by atoms with Gasteiger partial charge in [0.15, 0.2) is 5.79 Å². The van der Waals surface area contributed by atoms with E-state index in [1.807, 2.05) is 11.5 Å². The van der Waals surface area contributed by atoms with Crippen LogP contribution in [0.25, 0.3) is 0 Å². The van der Waals surface area contributed by atoms with Gasteiger partial charge in [-0.3, -0.25) is 4.18 Å². The van der Waals surface area contributed by atoms with Crippen LogP contribution in [-0.2, 0) is 36.7 Å². The van der Waals surface area contributed by atoms with Gasteiger partial charge in [-0.05, 0) is 43.2 Å². The van der Waals surface area contributed by atoms with E-state index in [1.54, 1.807) is 43.0 Å². The van der Waals surface area contributed by atoms with Crippen molar-refractivity contribution in [1.82, 2.24) is 9.55 Å². The van der Waals surface area contributed by atoms with E-state index in [0.717, 1.165) is 11.1 Å². The maximum absolute atomic E-state index is 13.2. The molecule has 170 valence electrons. The Morgan fingerprint density at radius 1 is 1.19 bits per heavy atom. The summed E-state index contributed by atoms with van der Waals surface area (Å²) in [5.41, 5.74) is 1.91. The van der Waals surface area contributed by atoms with Gasteiger partial charge in [0, 0.05) is 18.8 Å². The summed E-state index contributed by atoms with van der Waals surface area (Å²) in [6, 6.07) is 12.8. The smallest absolute Gasteiger partial charge is 0.297 e. The molecule has 0 radical (unpaired) electrons. The summed E-state index contributed by atoms with van der Waals surface area (Å²) in [5.74, 6) is -1.27. The molecule has 0 saturated carbocycles. The average molecular weight is 461 g/mol. The zero-order valence-corrected chi connectivity index (χ0v) is 18.5. The Labute approximate surface area is 186 Å². The molecule has 9 heteroatoms. The summed E-state index contributed by atoms with van der Waals surface area (Å²) < 4.78 is 57.5. The van der Waals surface area contributed by atoms with Crippen LogP contribution in [0.15, 0.2) is 72.1 Å².